The molecule has 0 amide bonds. The molecule has 0 aliphatic heterocycles. The largest absolute Gasteiger partial charge is 0.481 e. The highest BCUT2D eigenvalue weighted by molar-refractivity contribution is 5.67. The lowest BCUT2D eigenvalue weighted by Crippen LogP contribution is -2.44. The van der Waals surface area contributed by atoms with Gasteiger partial charge in [0.25, 0.3) is 0 Å². The highest BCUT2D eigenvalue weighted by Gasteiger charge is 2.39. The quantitative estimate of drug-likeness (QED) is 0.737. The molecule has 1 fully saturated rings. The van der Waals surface area contributed by atoms with Crippen LogP contribution >= 0.6 is 0 Å². The Morgan fingerprint density at radius 1 is 1.40 bits per heavy atom. The molecule has 0 aromatic heterocycles. The van der Waals surface area contributed by atoms with Gasteiger partial charge < -0.3 is 10.8 Å². The molecule has 15 heavy (non-hydrogen) atoms. The van der Waals surface area contributed by atoms with Crippen LogP contribution in [0.15, 0.2) is 0 Å². The van der Waals surface area contributed by atoms with Gasteiger partial charge in [-0.3, -0.25) is 4.79 Å². The summed E-state index contributed by atoms with van der Waals surface area (Å²) in [5.41, 5.74) is 6.07. The first kappa shape index (κ1) is 12.5. The Morgan fingerprint density at radius 2 is 2.00 bits per heavy atom. The van der Waals surface area contributed by atoms with Crippen molar-refractivity contribution in [1.29, 1.82) is 0 Å². The van der Waals surface area contributed by atoms with Crippen LogP contribution in [0.4, 0.5) is 0 Å². The maximum atomic E-state index is 10.9. The molecule has 1 aliphatic carbocycles. The van der Waals surface area contributed by atoms with Gasteiger partial charge in [-0.1, -0.05) is 32.6 Å². The Labute approximate surface area is 92.0 Å². The van der Waals surface area contributed by atoms with Gasteiger partial charge in [0.2, 0.25) is 0 Å². The average Bonchev–Trinajstić information content (AvgIpc) is 2.18. The molecule has 1 unspecified atom stereocenters. The summed E-state index contributed by atoms with van der Waals surface area (Å²) >= 11 is 0. The van der Waals surface area contributed by atoms with Crippen molar-refractivity contribution in [1.82, 2.24) is 0 Å². The lowest BCUT2D eigenvalue weighted by atomic mass is 9.66. The minimum atomic E-state index is -0.691. The number of nitrogens with two attached hydrogens (primary N) is 1. The SMILES string of the molecule is CCCC(N)C1(CC(=O)O)CCCCC1. The van der Waals surface area contributed by atoms with Gasteiger partial charge in [0.05, 0.1) is 6.42 Å². The first-order chi connectivity index (χ1) is 7.10. The van der Waals surface area contributed by atoms with E-state index in [2.05, 4.69) is 6.92 Å². The van der Waals surface area contributed by atoms with Crippen molar-refractivity contribution < 1.29 is 9.90 Å². The summed E-state index contributed by atoms with van der Waals surface area (Å²) in [5, 5.41) is 8.99. The first-order valence-electron chi connectivity index (χ1n) is 6.08. The van der Waals surface area contributed by atoms with Crippen molar-refractivity contribution in [3.05, 3.63) is 0 Å². The van der Waals surface area contributed by atoms with Crippen LogP contribution in [-0.2, 0) is 4.79 Å². The monoisotopic (exact) mass is 213 g/mol. The minimum Gasteiger partial charge on any atom is -0.481 e. The fraction of sp³-hybridized carbons (Fsp3) is 0.917. The second kappa shape index (κ2) is 5.50. The zero-order valence-electron chi connectivity index (χ0n) is 9.67. The Balaban J connectivity index is 2.69. The second-order valence-electron chi connectivity index (χ2n) is 4.89. The number of carboxylic acids is 1. The van der Waals surface area contributed by atoms with Crippen LogP contribution in [0.3, 0.4) is 0 Å². The molecular formula is C12H23NO2. The topological polar surface area (TPSA) is 63.3 Å². The van der Waals surface area contributed by atoms with Crippen molar-refractivity contribution in [3.63, 3.8) is 0 Å². The molecule has 3 nitrogen and oxygen atoms in total. The minimum absolute atomic E-state index is 0.0684. The molecule has 3 N–H and O–H groups in total. The number of carbonyl (C=O) groups is 1. The summed E-state index contributed by atoms with van der Waals surface area (Å²) in [6.45, 7) is 2.11. The fourth-order valence-corrected chi connectivity index (χ4v) is 2.85. The number of carboxylic acid groups (broad SMARTS) is 1. The average molecular weight is 213 g/mol. The highest BCUT2D eigenvalue weighted by atomic mass is 16.4. The van der Waals surface area contributed by atoms with E-state index in [-0.39, 0.29) is 17.9 Å². The van der Waals surface area contributed by atoms with E-state index >= 15 is 0 Å². The van der Waals surface area contributed by atoms with Gasteiger partial charge in [0.1, 0.15) is 0 Å². The molecular weight excluding hydrogens is 190 g/mol. The normalized spacial score (nSPS) is 22.3. The van der Waals surface area contributed by atoms with Crippen LogP contribution in [-0.4, -0.2) is 17.1 Å². The molecule has 1 saturated carbocycles. The summed E-state index contributed by atoms with van der Waals surface area (Å²) in [4.78, 5) is 10.9. The molecule has 0 bridgehead atoms. The Bertz CT molecular complexity index is 210. The van der Waals surface area contributed by atoms with E-state index < -0.39 is 5.97 Å². The van der Waals surface area contributed by atoms with Crippen molar-refractivity contribution >= 4 is 5.97 Å². The van der Waals surface area contributed by atoms with Crippen molar-refractivity contribution in [2.45, 2.75) is 64.3 Å². The van der Waals surface area contributed by atoms with Crippen LogP contribution < -0.4 is 5.73 Å². The first-order valence-corrected chi connectivity index (χ1v) is 6.08. The molecule has 0 aromatic rings. The standard InChI is InChI=1S/C12H23NO2/c1-2-6-10(13)12(9-11(14)15)7-4-3-5-8-12/h10H,2-9,13H2,1H3,(H,14,15). The summed E-state index contributed by atoms with van der Waals surface area (Å²) in [6, 6.07) is 0.0684. The molecule has 1 rings (SSSR count). The third kappa shape index (κ3) is 3.20. The van der Waals surface area contributed by atoms with E-state index in [1.165, 1.54) is 6.42 Å². The summed E-state index contributed by atoms with van der Waals surface area (Å²) < 4.78 is 0. The number of hydrogen-bond donors (Lipinski definition) is 2. The smallest absolute Gasteiger partial charge is 0.303 e. The Hall–Kier alpha value is -0.570. The van der Waals surface area contributed by atoms with Gasteiger partial charge in [-0.2, -0.15) is 0 Å². The van der Waals surface area contributed by atoms with Crippen LogP contribution in [0.1, 0.15) is 58.3 Å². The van der Waals surface area contributed by atoms with E-state index in [1.54, 1.807) is 0 Å². The van der Waals surface area contributed by atoms with Crippen molar-refractivity contribution in [2.24, 2.45) is 11.1 Å². The van der Waals surface area contributed by atoms with Gasteiger partial charge in [0.15, 0.2) is 0 Å². The fourth-order valence-electron chi connectivity index (χ4n) is 2.85. The molecule has 0 aromatic carbocycles. The predicted octanol–water partition coefficient (Wildman–Crippen LogP) is 2.54. The molecule has 3 heteroatoms. The molecule has 1 aliphatic rings. The van der Waals surface area contributed by atoms with E-state index in [1.807, 2.05) is 0 Å². The third-order valence-corrected chi connectivity index (χ3v) is 3.74. The Kier molecular flexibility index (Phi) is 4.58. The zero-order chi connectivity index (χ0) is 11.3. The van der Waals surface area contributed by atoms with Gasteiger partial charge in [0, 0.05) is 6.04 Å². The zero-order valence-corrected chi connectivity index (χ0v) is 9.67. The van der Waals surface area contributed by atoms with Gasteiger partial charge in [-0.25, -0.2) is 0 Å². The van der Waals surface area contributed by atoms with Crippen LogP contribution in [0, 0.1) is 5.41 Å². The van der Waals surface area contributed by atoms with Gasteiger partial charge in [-0.05, 0) is 24.7 Å². The number of aliphatic carboxylic acids is 1. The van der Waals surface area contributed by atoms with E-state index in [0.29, 0.717) is 0 Å². The van der Waals surface area contributed by atoms with Crippen LogP contribution in [0.25, 0.3) is 0 Å². The Morgan fingerprint density at radius 3 is 2.47 bits per heavy atom. The summed E-state index contributed by atoms with van der Waals surface area (Å²) in [6.07, 6.45) is 7.78. The van der Waals surface area contributed by atoms with E-state index in [9.17, 15) is 4.79 Å². The summed E-state index contributed by atoms with van der Waals surface area (Å²) in [7, 11) is 0. The third-order valence-electron chi connectivity index (χ3n) is 3.74. The molecule has 0 radical (unpaired) electrons. The van der Waals surface area contributed by atoms with Crippen molar-refractivity contribution in [2.75, 3.05) is 0 Å². The summed E-state index contributed by atoms with van der Waals surface area (Å²) in [5.74, 6) is -0.691. The molecule has 1 atom stereocenters. The molecule has 0 spiro atoms. The van der Waals surface area contributed by atoms with Crippen molar-refractivity contribution in [3.8, 4) is 0 Å². The number of hydrogen-bond acceptors (Lipinski definition) is 2. The predicted molar refractivity (Wildman–Crippen MR) is 60.7 cm³/mol. The van der Waals surface area contributed by atoms with Crippen LogP contribution in [0.5, 0.6) is 0 Å². The number of rotatable bonds is 5. The highest BCUT2D eigenvalue weighted by Crippen LogP contribution is 2.42. The molecule has 88 valence electrons. The van der Waals surface area contributed by atoms with Gasteiger partial charge in [-0.15, -0.1) is 0 Å². The van der Waals surface area contributed by atoms with E-state index in [0.717, 1.165) is 38.5 Å². The molecule has 0 heterocycles. The maximum Gasteiger partial charge on any atom is 0.303 e. The maximum absolute atomic E-state index is 10.9. The lowest BCUT2D eigenvalue weighted by Gasteiger charge is -2.41. The molecule has 0 saturated heterocycles. The second-order valence-corrected chi connectivity index (χ2v) is 4.89. The van der Waals surface area contributed by atoms with Gasteiger partial charge >= 0.3 is 5.97 Å². The van der Waals surface area contributed by atoms with E-state index in [4.69, 9.17) is 10.8 Å². The lowest BCUT2D eigenvalue weighted by molar-refractivity contribution is -0.141. The van der Waals surface area contributed by atoms with Crippen LogP contribution in [0.2, 0.25) is 0 Å².